The van der Waals surface area contributed by atoms with Gasteiger partial charge in [0.2, 0.25) is 0 Å². The molecule has 0 bridgehead atoms. The number of rotatable bonds is 4. The molecule has 0 radical (unpaired) electrons. The number of nitrogens with zero attached hydrogens (tertiary/aromatic N) is 2. The number of hydroxylamine groups is 2. The van der Waals surface area contributed by atoms with E-state index in [1.54, 1.807) is 5.06 Å². The Labute approximate surface area is 192 Å². The van der Waals surface area contributed by atoms with Crippen LogP contribution in [-0.2, 0) is 0 Å². The lowest BCUT2D eigenvalue weighted by Crippen LogP contribution is -2.62. The molecular weight excluding hydrogens is 380 g/mol. The van der Waals surface area contributed by atoms with Gasteiger partial charge in [-0.05, 0) is 102 Å². The highest BCUT2D eigenvalue weighted by atomic mass is 16.5. The van der Waals surface area contributed by atoms with Crippen LogP contribution in [0.3, 0.4) is 0 Å². The predicted octanol–water partition coefficient (Wildman–Crippen LogP) is 7.06. The summed E-state index contributed by atoms with van der Waals surface area (Å²) >= 11 is 0. The smallest absolute Gasteiger partial charge is 0.0467 e. The molecule has 2 saturated heterocycles. The van der Waals surface area contributed by atoms with E-state index in [0.717, 1.165) is 12.8 Å². The maximum absolute atomic E-state index is 11.0. The molecule has 3 nitrogen and oxygen atoms in total. The van der Waals surface area contributed by atoms with E-state index in [9.17, 15) is 5.21 Å². The van der Waals surface area contributed by atoms with Gasteiger partial charge in [0.25, 0.3) is 0 Å². The average molecular weight is 429 g/mol. The number of hydrogen-bond donors (Lipinski definition) is 1. The van der Waals surface area contributed by atoms with Crippen LogP contribution < -0.4 is 0 Å². The van der Waals surface area contributed by atoms with Gasteiger partial charge in [0.1, 0.15) is 0 Å². The lowest BCUT2D eigenvalue weighted by molar-refractivity contribution is -0.262. The van der Waals surface area contributed by atoms with Crippen LogP contribution in [0.2, 0.25) is 0 Å². The zero-order chi connectivity index (χ0) is 23.4. The molecule has 2 fully saturated rings. The second-order valence-electron chi connectivity index (χ2n) is 12.8. The first-order chi connectivity index (χ1) is 14.2. The molecule has 0 amide bonds. The normalized spacial score (nSPS) is 34.4. The second-order valence-corrected chi connectivity index (χ2v) is 12.8. The standard InChI is InChI=1S/C28H48N2O/c1-19(2)25-15-23(16-26(5,6)29(25)10)21-11-13-22(14-12-21)24-17-27(7,8)30(31)28(9,18-24)20(3)4/h11-14,19-20,23-25,31H,15-18H2,1-10H3. The Hall–Kier alpha value is -0.900. The van der Waals surface area contributed by atoms with Crippen LogP contribution in [-0.4, -0.2) is 44.9 Å². The molecule has 3 rings (SSSR count). The summed E-state index contributed by atoms with van der Waals surface area (Å²) in [6.45, 7) is 20.6. The Morgan fingerprint density at radius 3 is 1.77 bits per heavy atom. The molecule has 3 heteroatoms. The maximum atomic E-state index is 11.0. The molecule has 2 aliphatic rings. The Balaban J connectivity index is 1.83. The van der Waals surface area contributed by atoms with Gasteiger partial charge in [0.15, 0.2) is 0 Å². The van der Waals surface area contributed by atoms with Crippen molar-refractivity contribution in [3.8, 4) is 0 Å². The summed E-state index contributed by atoms with van der Waals surface area (Å²) in [5.74, 6) is 2.18. The average Bonchev–Trinajstić information content (AvgIpc) is 2.67. The monoisotopic (exact) mass is 428 g/mol. The van der Waals surface area contributed by atoms with E-state index in [1.807, 2.05) is 0 Å². The molecule has 4 atom stereocenters. The molecule has 0 saturated carbocycles. The zero-order valence-corrected chi connectivity index (χ0v) is 21.9. The first-order valence-electron chi connectivity index (χ1n) is 12.5. The topological polar surface area (TPSA) is 26.7 Å². The van der Waals surface area contributed by atoms with Crippen LogP contribution in [0.5, 0.6) is 0 Å². The highest BCUT2D eigenvalue weighted by molar-refractivity contribution is 5.30. The quantitative estimate of drug-likeness (QED) is 0.556. The second kappa shape index (κ2) is 8.47. The van der Waals surface area contributed by atoms with Crippen molar-refractivity contribution in [3.05, 3.63) is 35.4 Å². The minimum Gasteiger partial charge on any atom is -0.313 e. The van der Waals surface area contributed by atoms with E-state index in [1.165, 1.54) is 24.0 Å². The lowest BCUT2D eigenvalue weighted by atomic mass is 9.68. The van der Waals surface area contributed by atoms with Crippen molar-refractivity contribution >= 4 is 0 Å². The van der Waals surface area contributed by atoms with Gasteiger partial charge in [0.05, 0.1) is 0 Å². The van der Waals surface area contributed by atoms with E-state index in [0.29, 0.717) is 29.7 Å². The Kier molecular flexibility index (Phi) is 6.75. The zero-order valence-electron chi connectivity index (χ0n) is 21.9. The third-order valence-electron chi connectivity index (χ3n) is 9.08. The maximum Gasteiger partial charge on any atom is 0.0467 e. The van der Waals surface area contributed by atoms with Crippen LogP contribution in [0.15, 0.2) is 24.3 Å². The summed E-state index contributed by atoms with van der Waals surface area (Å²) in [7, 11) is 2.31. The predicted molar refractivity (Wildman–Crippen MR) is 132 cm³/mol. The van der Waals surface area contributed by atoms with Crippen molar-refractivity contribution in [1.82, 2.24) is 9.96 Å². The summed E-state index contributed by atoms with van der Waals surface area (Å²) in [5, 5.41) is 12.6. The highest BCUT2D eigenvalue weighted by Crippen LogP contribution is 2.48. The molecule has 4 unspecified atom stereocenters. The molecule has 2 heterocycles. The van der Waals surface area contributed by atoms with E-state index in [-0.39, 0.29) is 16.6 Å². The minimum atomic E-state index is -0.219. The van der Waals surface area contributed by atoms with Crippen LogP contribution in [0, 0.1) is 11.8 Å². The summed E-state index contributed by atoms with van der Waals surface area (Å²) in [6.07, 6.45) is 4.45. The molecule has 2 aliphatic heterocycles. The molecule has 1 aromatic carbocycles. The molecule has 0 aromatic heterocycles. The van der Waals surface area contributed by atoms with Gasteiger partial charge in [-0.15, -0.1) is 0 Å². The molecule has 0 aliphatic carbocycles. The summed E-state index contributed by atoms with van der Waals surface area (Å²) in [4.78, 5) is 2.61. The number of hydrogen-bond acceptors (Lipinski definition) is 3. The summed E-state index contributed by atoms with van der Waals surface area (Å²) in [6, 6.07) is 10.2. The lowest BCUT2D eigenvalue weighted by Gasteiger charge is -2.55. The van der Waals surface area contributed by atoms with Crippen molar-refractivity contribution in [2.24, 2.45) is 11.8 Å². The largest absolute Gasteiger partial charge is 0.313 e. The molecule has 1 aromatic rings. The van der Waals surface area contributed by atoms with Gasteiger partial charge in [-0.2, -0.15) is 5.06 Å². The van der Waals surface area contributed by atoms with Gasteiger partial charge in [0, 0.05) is 22.7 Å². The van der Waals surface area contributed by atoms with Gasteiger partial charge in [-0.1, -0.05) is 52.0 Å². The fourth-order valence-corrected chi connectivity index (χ4v) is 6.50. The van der Waals surface area contributed by atoms with Crippen molar-refractivity contribution in [2.45, 2.75) is 122 Å². The van der Waals surface area contributed by atoms with Crippen molar-refractivity contribution in [1.29, 1.82) is 0 Å². The van der Waals surface area contributed by atoms with Gasteiger partial charge >= 0.3 is 0 Å². The van der Waals surface area contributed by atoms with Gasteiger partial charge in [-0.3, -0.25) is 4.90 Å². The van der Waals surface area contributed by atoms with Crippen LogP contribution in [0.4, 0.5) is 0 Å². The highest BCUT2D eigenvalue weighted by Gasteiger charge is 2.49. The first-order valence-corrected chi connectivity index (χ1v) is 12.5. The molecule has 1 N–H and O–H groups in total. The Bertz CT molecular complexity index is 751. The van der Waals surface area contributed by atoms with E-state index >= 15 is 0 Å². The SMILES string of the molecule is CC(C)C1CC(c2ccc(C3CC(C)(C)N(O)C(C)(C(C)C)C3)cc2)CC(C)(C)N1C. The van der Waals surface area contributed by atoms with Crippen LogP contribution in [0.25, 0.3) is 0 Å². The molecular formula is C28H48N2O. The first kappa shape index (κ1) is 24.7. The fraction of sp³-hybridized carbons (Fsp3) is 0.786. The summed E-state index contributed by atoms with van der Waals surface area (Å²) < 4.78 is 0. The number of benzene rings is 1. The summed E-state index contributed by atoms with van der Waals surface area (Å²) in [5.41, 5.74) is 2.75. The Morgan fingerprint density at radius 1 is 0.806 bits per heavy atom. The van der Waals surface area contributed by atoms with Crippen LogP contribution >= 0.6 is 0 Å². The van der Waals surface area contributed by atoms with Crippen molar-refractivity contribution < 1.29 is 5.21 Å². The van der Waals surface area contributed by atoms with Crippen molar-refractivity contribution in [2.75, 3.05) is 7.05 Å². The number of piperidine rings is 2. The van der Waals surface area contributed by atoms with Crippen molar-refractivity contribution in [3.63, 3.8) is 0 Å². The molecule has 0 spiro atoms. The third kappa shape index (κ3) is 4.61. The van der Waals surface area contributed by atoms with E-state index in [4.69, 9.17) is 0 Å². The third-order valence-corrected chi connectivity index (χ3v) is 9.08. The number of likely N-dealkylation sites (tertiary alicyclic amines) is 1. The molecule has 31 heavy (non-hydrogen) atoms. The van der Waals surface area contributed by atoms with Crippen LogP contribution in [0.1, 0.15) is 111 Å². The van der Waals surface area contributed by atoms with Gasteiger partial charge in [-0.25, -0.2) is 0 Å². The van der Waals surface area contributed by atoms with E-state index in [2.05, 4.69) is 98.5 Å². The van der Waals surface area contributed by atoms with E-state index < -0.39 is 0 Å². The van der Waals surface area contributed by atoms with Gasteiger partial charge < -0.3 is 5.21 Å². The minimum absolute atomic E-state index is 0.201. The molecule has 176 valence electrons. The fourth-order valence-electron chi connectivity index (χ4n) is 6.50. The Morgan fingerprint density at radius 2 is 1.29 bits per heavy atom.